The molecule has 0 aliphatic heterocycles. The van der Waals surface area contributed by atoms with Crippen molar-refractivity contribution in [3.05, 3.63) is 29.3 Å². The Kier molecular flexibility index (Phi) is 12.0. The summed E-state index contributed by atoms with van der Waals surface area (Å²) in [6.07, 6.45) is 0.185. The molecule has 0 fully saturated rings. The first kappa shape index (κ1) is 27.3. The number of hydrogen-bond acceptors (Lipinski definition) is 6. The first-order chi connectivity index (χ1) is 14.6. The van der Waals surface area contributed by atoms with Crippen molar-refractivity contribution >= 4 is 48.9 Å². The number of amides is 1. The van der Waals surface area contributed by atoms with Crippen LogP contribution in [0.25, 0.3) is 0 Å². The molecule has 0 spiro atoms. The summed E-state index contributed by atoms with van der Waals surface area (Å²) in [6.45, 7) is 8.28. The molecular weight excluding hydrogens is 442 g/mol. The molecule has 0 aliphatic rings. The van der Waals surface area contributed by atoms with E-state index in [0.29, 0.717) is 31.6 Å². The monoisotopic (exact) mass is 471 g/mol. The van der Waals surface area contributed by atoms with Crippen LogP contribution in [-0.4, -0.2) is 67.6 Å². The van der Waals surface area contributed by atoms with Gasteiger partial charge in [-0.3, -0.25) is 4.79 Å². The minimum absolute atomic E-state index is 0.0971. The fourth-order valence-corrected chi connectivity index (χ4v) is 3.33. The van der Waals surface area contributed by atoms with Crippen LogP contribution in [0, 0.1) is 6.92 Å². The number of benzene rings is 1. The van der Waals surface area contributed by atoms with E-state index < -0.39 is 11.7 Å². The summed E-state index contributed by atoms with van der Waals surface area (Å²) in [5, 5.41) is 2.89. The third-order valence-electron chi connectivity index (χ3n) is 4.25. The van der Waals surface area contributed by atoms with Gasteiger partial charge in [-0.25, -0.2) is 4.79 Å². The molecule has 1 N–H and O–H groups in total. The number of aryl methyl sites for hydroxylation is 1. The van der Waals surface area contributed by atoms with Crippen LogP contribution in [0.4, 0.5) is 4.79 Å². The zero-order chi connectivity index (χ0) is 23.4. The molecule has 0 aromatic heterocycles. The minimum Gasteiger partial charge on any atom is -0.460 e. The van der Waals surface area contributed by atoms with E-state index in [1.165, 1.54) is 12.3 Å². The van der Waals surface area contributed by atoms with Crippen molar-refractivity contribution < 1.29 is 23.9 Å². The molecule has 171 valence electrons. The van der Waals surface area contributed by atoms with E-state index in [4.69, 9.17) is 32.7 Å². The van der Waals surface area contributed by atoms with E-state index in [9.17, 15) is 14.4 Å². The molecule has 1 unspecified atom stereocenters. The van der Waals surface area contributed by atoms with Crippen molar-refractivity contribution in [1.82, 2.24) is 10.1 Å². The van der Waals surface area contributed by atoms with Gasteiger partial charge in [0.1, 0.15) is 11.4 Å². The predicted molar refractivity (Wildman–Crippen MR) is 124 cm³/mol. The molecular formula is C21H30BCl2N2O5. The minimum atomic E-state index is -0.606. The first-order valence-electron chi connectivity index (χ1n) is 10.0. The third kappa shape index (κ3) is 10.4. The number of halogens is 2. The van der Waals surface area contributed by atoms with Crippen molar-refractivity contribution in [3.63, 3.8) is 0 Å². The van der Waals surface area contributed by atoms with Crippen LogP contribution in [0.1, 0.15) is 44.2 Å². The van der Waals surface area contributed by atoms with Crippen molar-refractivity contribution in [2.24, 2.45) is 0 Å². The van der Waals surface area contributed by atoms with E-state index >= 15 is 0 Å². The molecule has 0 aliphatic carbocycles. The van der Waals surface area contributed by atoms with Crippen LogP contribution in [0.3, 0.4) is 0 Å². The van der Waals surface area contributed by atoms with Crippen LogP contribution >= 0.6 is 23.2 Å². The number of nitrogens with zero attached hydrogens (tertiary/aromatic N) is 1. The lowest BCUT2D eigenvalue weighted by molar-refractivity contribution is -0.155. The third-order valence-corrected chi connectivity index (χ3v) is 4.58. The van der Waals surface area contributed by atoms with Gasteiger partial charge in [0.05, 0.1) is 12.6 Å². The Bertz CT molecular complexity index is 737. The summed E-state index contributed by atoms with van der Waals surface area (Å²) in [5.74, 6) is 0.215. The average Bonchev–Trinajstić information content (AvgIpc) is 2.67. The van der Waals surface area contributed by atoms with Gasteiger partial charge in [-0.1, -0.05) is 6.07 Å². The Balaban J connectivity index is 3.07. The topological polar surface area (TPSA) is 84.9 Å². The van der Waals surface area contributed by atoms with Gasteiger partial charge in [-0.05, 0) is 57.5 Å². The molecule has 0 saturated heterocycles. The van der Waals surface area contributed by atoms with E-state index in [-0.39, 0.29) is 30.1 Å². The first-order valence-corrected chi connectivity index (χ1v) is 11.1. The zero-order valence-electron chi connectivity index (χ0n) is 18.5. The zero-order valence-corrected chi connectivity index (χ0v) is 20.0. The van der Waals surface area contributed by atoms with Gasteiger partial charge in [-0.2, -0.15) is 0 Å². The van der Waals surface area contributed by atoms with Gasteiger partial charge < -0.3 is 24.4 Å². The maximum Gasteiger partial charge on any atom is 0.415 e. The van der Waals surface area contributed by atoms with Crippen LogP contribution in [0.2, 0.25) is 0 Å². The normalized spacial score (nSPS) is 12.1. The number of ether oxygens (including phenoxy) is 2. The number of carbonyl (C=O) groups excluding carboxylic acids is 3. The van der Waals surface area contributed by atoms with Gasteiger partial charge in [-0.15, -0.1) is 23.2 Å². The summed E-state index contributed by atoms with van der Waals surface area (Å²) < 4.78 is 11.0. The molecule has 10 heteroatoms. The molecule has 0 heterocycles. The van der Waals surface area contributed by atoms with Gasteiger partial charge in [0.15, 0.2) is 0 Å². The highest BCUT2D eigenvalue weighted by Gasteiger charge is 2.24. The SMILES string of the molecule is Cc1ccc(OC(=O)N(CCCl)CCCl)cc1C(CN[B]C=O)CC(=O)OC(C)(C)C. The molecule has 1 aromatic rings. The van der Waals surface area contributed by atoms with Crippen LogP contribution < -0.4 is 9.96 Å². The van der Waals surface area contributed by atoms with Crippen LogP contribution in [-0.2, 0) is 14.3 Å². The maximum atomic E-state index is 12.5. The maximum absolute atomic E-state index is 12.5. The van der Waals surface area contributed by atoms with Gasteiger partial charge in [0.25, 0.3) is 7.41 Å². The summed E-state index contributed by atoms with van der Waals surface area (Å²) in [5.41, 5.74) is 1.12. The van der Waals surface area contributed by atoms with Crippen molar-refractivity contribution in [2.45, 2.75) is 45.6 Å². The standard InChI is InChI=1S/C21H30BCl2N2O5/c1-15-5-6-17(30-20(29)26(9-7-23)10-8-24)12-18(15)16(13-25-22-14-27)11-19(28)31-21(2,3)4/h5-6,12,14,16,25H,7-11,13H2,1-4H3. The predicted octanol–water partition coefficient (Wildman–Crippen LogP) is 3.49. The summed E-state index contributed by atoms with van der Waals surface area (Å²) in [4.78, 5) is 37.0. The fourth-order valence-electron chi connectivity index (χ4n) is 2.92. The molecule has 1 aromatic carbocycles. The van der Waals surface area contributed by atoms with Gasteiger partial charge in [0.2, 0.25) is 0 Å². The Morgan fingerprint density at radius 2 is 1.87 bits per heavy atom. The molecule has 1 rings (SSSR count). The number of hydrogen-bond donors (Lipinski definition) is 1. The average molecular weight is 472 g/mol. The number of alkyl halides is 2. The van der Waals surface area contributed by atoms with E-state index in [1.54, 1.807) is 32.9 Å². The highest BCUT2D eigenvalue weighted by molar-refractivity contribution is 6.64. The lowest BCUT2D eigenvalue weighted by Gasteiger charge is -2.24. The molecule has 1 atom stereocenters. The fraction of sp³-hybridized carbons (Fsp3) is 0.571. The molecule has 1 amide bonds. The molecule has 7 nitrogen and oxygen atoms in total. The Hall–Kier alpha value is -1.77. The second-order valence-corrected chi connectivity index (χ2v) is 8.71. The summed E-state index contributed by atoms with van der Waals surface area (Å²) in [6, 6.07) is 5.23. The number of nitrogens with one attached hydrogen (secondary N) is 1. The smallest absolute Gasteiger partial charge is 0.415 e. The van der Waals surface area contributed by atoms with Crippen molar-refractivity contribution in [1.29, 1.82) is 0 Å². The van der Waals surface area contributed by atoms with Gasteiger partial charge >= 0.3 is 12.1 Å². The van der Waals surface area contributed by atoms with E-state index in [2.05, 4.69) is 5.23 Å². The number of esters is 1. The van der Waals surface area contributed by atoms with Crippen LogP contribution in [0.15, 0.2) is 18.2 Å². The summed E-state index contributed by atoms with van der Waals surface area (Å²) in [7, 11) is 1.28. The number of rotatable bonds is 12. The Morgan fingerprint density at radius 3 is 2.42 bits per heavy atom. The van der Waals surface area contributed by atoms with Crippen molar-refractivity contribution in [3.8, 4) is 5.75 Å². The lowest BCUT2D eigenvalue weighted by atomic mass is 9.89. The molecule has 1 radical (unpaired) electrons. The second-order valence-electron chi connectivity index (χ2n) is 7.95. The van der Waals surface area contributed by atoms with E-state index in [1.807, 2.05) is 13.0 Å². The Labute approximate surface area is 195 Å². The molecule has 31 heavy (non-hydrogen) atoms. The van der Waals surface area contributed by atoms with Crippen LogP contribution in [0.5, 0.6) is 5.75 Å². The van der Waals surface area contributed by atoms with Crippen molar-refractivity contribution in [2.75, 3.05) is 31.4 Å². The molecule has 0 bridgehead atoms. The quantitative estimate of drug-likeness (QED) is 0.165. The summed E-state index contributed by atoms with van der Waals surface area (Å²) >= 11 is 11.5. The Morgan fingerprint density at radius 1 is 1.23 bits per heavy atom. The number of carbonyl (C=O) groups is 3. The largest absolute Gasteiger partial charge is 0.460 e. The van der Waals surface area contributed by atoms with Gasteiger partial charge in [0, 0.05) is 30.8 Å². The highest BCUT2D eigenvalue weighted by atomic mass is 35.5. The molecule has 0 saturated carbocycles. The van der Waals surface area contributed by atoms with E-state index in [0.717, 1.165) is 11.1 Å². The highest BCUT2D eigenvalue weighted by Crippen LogP contribution is 2.28. The second kappa shape index (κ2) is 13.6. The lowest BCUT2D eigenvalue weighted by Crippen LogP contribution is -2.36.